The minimum atomic E-state index is -0.559. The smallest absolute Gasteiger partial charge is 0.341 e. The van der Waals surface area contributed by atoms with Crippen molar-refractivity contribution in [1.29, 1.82) is 0 Å². The third-order valence-electron chi connectivity index (χ3n) is 5.23. The number of fused-ring (bicyclic) bond motifs is 1. The van der Waals surface area contributed by atoms with Gasteiger partial charge in [-0.05, 0) is 67.9 Å². The van der Waals surface area contributed by atoms with Crippen molar-refractivity contribution in [3.8, 4) is 0 Å². The second-order valence-electron chi connectivity index (χ2n) is 7.47. The summed E-state index contributed by atoms with van der Waals surface area (Å²) in [5.74, 6) is -0.969. The number of carbonyl (C=O) groups excluding carboxylic acids is 3. The van der Waals surface area contributed by atoms with E-state index in [0.717, 1.165) is 40.8 Å². The average Bonchev–Trinajstić information content (AvgIpc) is 3.04. The zero-order valence-electron chi connectivity index (χ0n) is 17.1. The largest absolute Gasteiger partial charge is 0.465 e. The Balaban J connectivity index is 1.69. The summed E-state index contributed by atoms with van der Waals surface area (Å²) >= 11 is 1.40. The van der Waals surface area contributed by atoms with E-state index >= 15 is 0 Å². The first-order chi connectivity index (χ1) is 13.8. The maximum absolute atomic E-state index is 12.4. The molecule has 0 unspecified atom stereocenters. The molecule has 1 aromatic carbocycles. The van der Waals surface area contributed by atoms with Crippen LogP contribution in [0.15, 0.2) is 18.2 Å². The molecule has 0 spiro atoms. The highest BCUT2D eigenvalue weighted by atomic mass is 32.1. The molecule has 1 aliphatic carbocycles. The molecule has 1 heterocycles. The van der Waals surface area contributed by atoms with Gasteiger partial charge >= 0.3 is 11.9 Å². The summed E-state index contributed by atoms with van der Waals surface area (Å²) in [6.07, 6.45) is 2.66. The maximum atomic E-state index is 12.4. The molecule has 7 heteroatoms. The van der Waals surface area contributed by atoms with Gasteiger partial charge in [-0.15, -0.1) is 11.3 Å². The standard InChI is InChI=1S/C22H25NO5S/c1-12-5-8-16-17(9-12)29-20(19(16)22(26)27-4)23-18(24)11-28-21(25)15-7-6-13(2)14(3)10-15/h6-7,10,12H,5,8-9,11H2,1-4H3,(H,23,24)/t12-/m1/s1. The summed E-state index contributed by atoms with van der Waals surface area (Å²) in [6.45, 7) is 5.61. The van der Waals surface area contributed by atoms with E-state index in [2.05, 4.69) is 12.2 Å². The predicted octanol–water partition coefficient (Wildman–Crippen LogP) is 4.07. The first kappa shape index (κ1) is 21.0. The van der Waals surface area contributed by atoms with Crippen molar-refractivity contribution in [2.24, 2.45) is 5.92 Å². The van der Waals surface area contributed by atoms with Crippen molar-refractivity contribution in [3.05, 3.63) is 50.9 Å². The Hall–Kier alpha value is -2.67. The molecule has 29 heavy (non-hydrogen) atoms. The Kier molecular flexibility index (Phi) is 6.37. The number of anilines is 1. The monoisotopic (exact) mass is 415 g/mol. The van der Waals surface area contributed by atoms with Crippen LogP contribution >= 0.6 is 11.3 Å². The number of hydrogen-bond acceptors (Lipinski definition) is 6. The number of nitrogens with one attached hydrogen (secondary N) is 1. The summed E-state index contributed by atoms with van der Waals surface area (Å²) in [5, 5.41) is 3.19. The van der Waals surface area contributed by atoms with Gasteiger partial charge < -0.3 is 14.8 Å². The van der Waals surface area contributed by atoms with Gasteiger partial charge in [-0.3, -0.25) is 4.79 Å². The molecule has 2 aromatic rings. The van der Waals surface area contributed by atoms with E-state index in [1.54, 1.807) is 12.1 Å². The highest BCUT2D eigenvalue weighted by Gasteiger charge is 2.29. The van der Waals surface area contributed by atoms with Crippen LogP contribution < -0.4 is 5.32 Å². The van der Waals surface area contributed by atoms with Crippen molar-refractivity contribution >= 4 is 34.2 Å². The highest BCUT2D eigenvalue weighted by molar-refractivity contribution is 7.17. The van der Waals surface area contributed by atoms with E-state index in [4.69, 9.17) is 9.47 Å². The van der Waals surface area contributed by atoms with E-state index < -0.39 is 24.5 Å². The quantitative estimate of drug-likeness (QED) is 0.745. The summed E-state index contributed by atoms with van der Waals surface area (Å²) in [4.78, 5) is 38.0. The van der Waals surface area contributed by atoms with Crippen LogP contribution in [0.1, 0.15) is 55.6 Å². The molecule has 0 aliphatic heterocycles. The van der Waals surface area contributed by atoms with Crippen molar-refractivity contribution in [2.75, 3.05) is 19.0 Å². The number of esters is 2. The van der Waals surface area contributed by atoms with E-state index in [-0.39, 0.29) is 0 Å². The molecular weight excluding hydrogens is 390 g/mol. The van der Waals surface area contributed by atoms with Crippen LogP contribution in [-0.2, 0) is 27.1 Å². The van der Waals surface area contributed by atoms with Crippen LogP contribution in [0.5, 0.6) is 0 Å². The summed E-state index contributed by atoms with van der Waals surface area (Å²) in [6, 6.07) is 5.25. The van der Waals surface area contributed by atoms with Gasteiger partial charge in [-0.2, -0.15) is 0 Å². The molecule has 0 fully saturated rings. The molecule has 0 bridgehead atoms. The first-order valence-electron chi connectivity index (χ1n) is 9.57. The van der Waals surface area contributed by atoms with Crippen molar-refractivity contribution in [2.45, 2.75) is 40.0 Å². The molecule has 1 N–H and O–H groups in total. The summed E-state index contributed by atoms with van der Waals surface area (Å²) in [7, 11) is 1.33. The van der Waals surface area contributed by atoms with Crippen LogP contribution in [0.2, 0.25) is 0 Å². The minimum absolute atomic E-state index is 0.400. The predicted molar refractivity (Wildman–Crippen MR) is 112 cm³/mol. The number of methoxy groups -OCH3 is 1. The van der Waals surface area contributed by atoms with E-state index in [0.29, 0.717) is 22.0 Å². The number of hydrogen-bond donors (Lipinski definition) is 1. The molecule has 3 rings (SSSR count). The number of ether oxygens (including phenoxy) is 2. The van der Waals surface area contributed by atoms with Gasteiger partial charge in [-0.1, -0.05) is 13.0 Å². The highest BCUT2D eigenvalue weighted by Crippen LogP contribution is 2.40. The Morgan fingerprint density at radius 3 is 2.62 bits per heavy atom. The van der Waals surface area contributed by atoms with Gasteiger partial charge in [-0.25, -0.2) is 9.59 Å². The van der Waals surface area contributed by atoms with Gasteiger partial charge in [0.25, 0.3) is 5.91 Å². The van der Waals surface area contributed by atoms with Gasteiger partial charge in [0, 0.05) is 4.88 Å². The Bertz CT molecular complexity index is 962. The fraction of sp³-hybridized carbons (Fsp3) is 0.409. The third-order valence-corrected chi connectivity index (χ3v) is 6.40. The van der Waals surface area contributed by atoms with E-state index in [1.165, 1.54) is 18.4 Å². The summed E-state index contributed by atoms with van der Waals surface area (Å²) in [5.41, 5.74) is 3.84. The van der Waals surface area contributed by atoms with Gasteiger partial charge in [0.2, 0.25) is 0 Å². The number of aryl methyl sites for hydroxylation is 2. The first-order valence-corrected chi connectivity index (χ1v) is 10.4. The Labute approximate surface area is 174 Å². The molecular formula is C22H25NO5S. The fourth-order valence-electron chi connectivity index (χ4n) is 3.40. The van der Waals surface area contributed by atoms with Gasteiger partial charge in [0.05, 0.1) is 18.2 Å². The zero-order chi connectivity index (χ0) is 21.1. The van der Waals surface area contributed by atoms with Crippen LogP contribution in [0.25, 0.3) is 0 Å². The van der Waals surface area contributed by atoms with E-state index in [1.807, 2.05) is 19.9 Å². The minimum Gasteiger partial charge on any atom is -0.465 e. The number of benzene rings is 1. The van der Waals surface area contributed by atoms with Crippen LogP contribution in [0, 0.1) is 19.8 Å². The van der Waals surface area contributed by atoms with Gasteiger partial charge in [0.15, 0.2) is 6.61 Å². The van der Waals surface area contributed by atoms with E-state index in [9.17, 15) is 14.4 Å². The van der Waals surface area contributed by atoms with Gasteiger partial charge in [0.1, 0.15) is 5.00 Å². The molecule has 0 saturated heterocycles. The zero-order valence-corrected chi connectivity index (χ0v) is 17.9. The van der Waals surface area contributed by atoms with Crippen molar-refractivity contribution < 1.29 is 23.9 Å². The Morgan fingerprint density at radius 2 is 1.93 bits per heavy atom. The molecule has 1 atom stereocenters. The Morgan fingerprint density at radius 1 is 1.17 bits per heavy atom. The molecule has 1 aliphatic rings. The average molecular weight is 416 g/mol. The fourth-order valence-corrected chi connectivity index (χ4v) is 4.82. The van der Waals surface area contributed by atoms with Crippen molar-refractivity contribution in [3.63, 3.8) is 0 Å². The maximum Gasteiger partial charge on any atom is 0.341 e. The lowest BCUT2D eigenvalue weighted by Gasteiger charge is -2.18. The molecule has 6 nitrogen and oxygen atoms in total. The topological polar surface area (TPSA) is 81.7 Å². The number of thiophene rings is 1. The second kappa shape index (κ2) is 8.78. The van der Waals surface area contributed by atoms with Crippen LogP contribution in [0.3, 0.4) is 0 Å². The molecule has 1 aromatic heterocycles. The second-order valence-corrected chi connectivity index (χ2v) is 8.58. The normalized spacial score (nSPS) is 15.4. The molecule has 1 amide bonds. The molecule has 0 saturated carbocycles. The van der Waals surface area contributed by atoms with Crippen LogP contribution in [-0.4, -0.2) is 31.6 Å². The SMILES string of the molecule is COC(=O)c1c(NC(=O)COC(=O)c2ccc(C)c(C)c2)sc2c1CC[C@@H](C)C2. The lowest BCUT2D eigenvalue weighted by molar-refractivity contribution is -0.119. The molecule has 0 radical (unpaired) electrons. The number of rotatable bonds is 5. The third kappa shape index (κ3) is 4.67. The lowest BCUT2D eigenvalue weighted by Crippen LogP contribution is -2.22. The number of carbonyl (C=O) groups is 3. The lowest BCUT2D eigenvalue weighted by atomic mass is 9.88. The van der Waals surface area contributed by atoms with Crippen molar-refractivity contribution in [1.82, 2.24) is 0 Å². The summed E-state index contributed by atoms with van der Waals surface area (Å²) < 4.78 is 10.1. The molecule has 154 valence electrons. The van der Waals surface area contributed by atoms with Crippen LogP contribution in [0.4, 0.5) is 5.00 Å². The number of amides is 1.